The highest BCUT2D eigenvalue weighted by molar-refractivity contribution is 7.90. The molecule has 1 aliphatic rings. The quantitative estimate of drug-likeness (QED) is 0.553. The van der Waals surface area contributed by atoms with E-state index in [-0.39, 0.29) is 22.8 Å². The summed E-state index contributed by atoms with van der Waals surface area (Å²) in [6, 6.07) is 6.03. The number of piperidine rings is 1. The summed E-state index contributed by atoms with van der Waals surface area (Å²) >= 11 is 0. The van der Waals surface area contributed by atoms with Gasteiger partial charge in [-0.05, 0) is 57.9 Å². The topological polar surface area (TPSA) is 125 Å². The van der Waals surface area contributed by atoms with E-state index in [4.69, 9.17) is 14.0 Å². The molecule has 4 rings (SSSR count). The van der Waals surface area contributed by atoms with E-state index in [1.165, 1.54) is 18.5 Å². The van der Waals surface area contributed by atoms with Crippen molar-refractivity contribution in [3.63, 3.8) is 0 Å². The van der Waals surface area contributed by atoms with Crippen molar-refractivity contribution in [2.75, 3.05) is 19.3 Å². The van der Waals surface area contributed by atoms with Crippen LogP contribution in [0.25, 0.3) is 11.1 Å². The lowest BCUT2D eigenvalue weighted by molar-refractivity contribution is 0.0204. The summed E-state index contributed by atoms with van der Waals surface area (Å²) in [4.78, 5) is 22.7. The molecule has 0 aliphatic carbocycles. The zero-order valence-corrected chi connectivity index (χ0v) is 19.8. The van der Waals surface area contributed by atoms with Crippen LogP contribution in [0.2, 0.25) is 0 Å². The number of carbonyl (C=O) groups excluding carboxylic acids is 1. The number of aromatic nitrogens is 3. The molecule has 1 aromatic carbocycles. The molecule has 0 atom stereocenters. The van der Waals surface area contributed by atoms with Crippen molar-refractivity contribution in [2.45, 2.75) is 50.0 Å². The first-order valence-electron chi connectivity index (χ1n) is 10.6. The summed E-state index contributed by atoms with van der Waals surface area (Å²) in [6.45, 7) is 6.64. The molecule has 33 heavy (non-hydrogen) atoms. The zero-order valence-electron chi connectivity index (χ0n) is 18.9. The molecule has 0 saturated carbocycles. The molecular weight excluding hydrogens is 448 g/mol. The predicted octanol–water partition coefficient (Wildman–Crippen LogP) is 3.93. The zero-order chi connectivity index (χ0) is 23.8. The van der Waals surface area contributed by atoms with Gasteiger partial charge in [0.05, 0.1) is 4.90 Å². The number of carbonyl (C=O) groups is 1. The number of fused-ring (bicyclic) bond motifs is 1. The molecule has 2 aromatic heterocycles. The molecule has 0 unspecified atom stereocenters. The molecule has 176 valence electrons. The highest BCUT2D eigenvalue weighted by Gasteiger charge is 2.31. The van der Waals surface area contributed by atoms with Crippen LogP contribution >= 0.6 is 0 Å². The predicted molar refractivity (Wildman–Crippen MR) is 119 cm³/mol. The third-order valence-electron chi connectivity index (χ3n) is 5.25. The third-order valence-corrected chi connectivity index (χ3v) is 6.38. The van der Waals surface area contributed by atoms with Gasteiger partial charge in [0.1, 0.15) is 28.9 Å². The van der Waals surface area contributed by atoms with E-state index in [0.717, 1.165) is 6.26 Å². The van der Waals surface area contributed by atoms with Gasteiger partial charge in [-0.15, -0.1) is 0 Å². The van der Waals surface area contributed by atoms with E-state index in [2.05, 4.69) is 15.1 Å². The van der Waals surface area contributed by atoms with Gasteiger partial charge < -0.3 is 18.9 Å². The fourth-order valence-corrected chi connectivity index (χ4v) is 4.26. The van der Waals surface area contributed by atoms with E-state index in [1.807, 2.05) is 20.8 Å². The number of hydrogen-bond acceptors (Lipinski definition) is 9. The highest BCUT2D eigenvalue weighted by atomic mass is 32.2. The lowest BCUT2D eigenvalue weighted by Crippen LogP contribution is -2.41. The van der Waals surface area contributed by atoms with E-state index in [0.29, 0.717) is 48.5 Å². The maximum absolute atomic E-state index is 12.3. The monoisotopic (exact) mass is 474 g/mol. The van der Waals surface area contributed by atoms with Crippen LogP contribution < -0.4 is 4.74 Å². The average molecular weight is 475 g/mol. The number of hydrogen-bond donors (Lipinski definition) is 0. The Labute approximate surface area is 191 Å². The van der Waals surface area contributed by atoms with Crippen LogP contribution in [0.4, 0.5) is 4.79 Å². The van der Waals surface area contributed by atoms with Gasteiger partial charge in [-0.25, -0.2) is 18.2 Å². The largest absolute Gasteiger partial charge is 0.444 e. The molecule has 1 saturated heterocycles. The summed E-state index contributed by atoms with van der Waals surface area (Å²) in [5.74, 6) is 0.671. The number of amides is 1. The van der Waals surface area contributed by atoms with Crippen LogP contribution in [0.15, 0.2) is 40.0 Å². The first kappa shape index (κ1) is 23.0. The van der Waals surface area contributed by atoms with Crippen molar-refractivity contribution < 1.29 is 27.2 Å². The molecule has 3 heterocycles. The number of ether oxygens (including phenoxy) is 2. The summed E-state index contributed by atoms with van der Waals surface area (Å²) in [6.07, 6.45) is 3.61. The first-order chi connectivity index (χ1) is 15.5. The van der Waals surface area contributed by atoms with Crippen molar-refractivity contribution in [3.05, 3.63) is 36.3 Å². The van der Waals surface area contributed by atoms with Crippen LogP contribution in [0.1, 0.15) is 45.2 Å². The Morgan fingerprint density at radius 2 is 1.79 bits per heavy atom. The lowest BCUT2D eigenvalue weighted by atomic mass is 9.93. The van der Waals surface area contributed by atoms with Crippen molar-refractivity contribution >= 4 is 27.0 Å². The Hall–Kier alpha value is -3.21. The Bertz CT molecular complexity index is 1260. The van der Waals surface area contributed by atoms with Gasteiger partial charge in [0.15, 0.2) is 9.84 Å². The lowest BCUT2D eigenvalue weighted by Gasteiger charge is -2.32. The SMILES string of the molecule is CC(C)(C)OC(=O)N1CCC(c2noc3c(Oc4ccc(S(C)(=O)=O)cc4)ncnc23)CC1. The Morgan fingerprint density at radius 3 is 2.39 bits per heavy atom. The molecule has 0 N–H and O–H groups in total. The molecule has 11 heteroatoms. The minimum Gasteiger partial charge on any atom is -0.444 e. The van der Waals surface area contributed by atoms with E-state index in [1.54, 1.807) is 17.0 Å². The second kappa shape index (κ2) is 8.62. The fourth-order valence-electron chi connectivity index (χ4n) is 3.63. The number of benzene rings is 1. The van der Waals surface area contributed by atoms with Gasteiger partial charge in [0, 0.05) is 25.3 Å². The van der Waals surface area contributed by atoms with Crippen LogP contribution in [-0.4, -0.2) is 59.5 Å². The normalized spacial score (nSPS) is 15.6. The number of rotatable bonds is 4. The van der Waals surface area contributed by atoms with Crippen molar-refractivity contribution in [2.24, 2.45) is 0 Å². The Kier molecular flexibility index (Phi) is 6.00. The van der Waals surface area contributed by atoms with Gasteiger partial charge in [-0.1, -0.05) is 5.16 Å². The molecule has 0 radical (unpaired) electrons. The van der Waals surface area contributed by atoms with Gasteiger partial charge in [-0.2, -0.15) is 4.98 Å². The van der Waals surface area contributed by atoms with Crippen LogP contribution in [0, 0.1) is 0 Å². The molecule has 3 aromatic rings. The third kappa shape index (κ3) is 5.24. The van der Waals surface area contributed by atoms with Crippen molar-refractivity contribution in [3.8, 4) is 11.6 Å². The van der Waals surface area contributed by atoms with E-state index >= 15 is 0 Å². The second-order valence-corrected chi connectivity index (χ2v) is 11.0. The number of nitrogens with zero attached hydrogens (tertiary/aromatic N) is 4. The second-order valence-electron chi connectivity index (χ2n) is 9.01. The smallest absolute Gasteiger partial charge is 0.410 e. The molecule has 1 aliphatic heterocycles. The van der Waals surface area contributed by atoms with Gasteiger partial charge in [0.25, 0.3) is 5.88 Å². The number of likely N-dealkylation sites (tertiary alicyclic amines) is 1. The summed E-state index contributed by atoms with van der Waals surface area (Å²) < 4.78 is 40.1. The van der Waals surface area contributed by atoms with Crippen LogP contribution in [-0.2, 0) is 14.6 Å². The number of sulfone groups is 1. The average Bonchev–Trinajstić information content (AvgIpc) is 3.18. The molecule has 0 bridgehead atoms. The van der Waals surface area contributed by atoms with Crippen molar-refractivity contribution in [1.29, 1.82) is 0 Å². The maximum atomic E-state index is 12.3. The van der Waals surface area contributed by atoms with Crippen LogP contribution in [0.5, 0.6) is 11.6 Å². The molecule has 0 spiro atoms. The van der Waals surface area contributed by atoms with E-state index < -0.39 is 15.4 Å². The summed E-state index contributed by atoms with van der Waals surface area (Å²) in [5, 5.41) is 4.23. The molecule has 10 nitrogen and oxygen atoms in total. The van der Waals surface area contributed by atoms with Crippen molar-refractivity contribution in [1.82, 2.24) is 20.0 Å². The summed E-state index contributed by atoms with van der Waals surface area (Å²) in [5.41, 5.74) is 1.04. The van der Waals surface area contributed by atoms with Gasteiger partial charge in [0.2, 0.25) is 5.58 Å². The van der Waals surface area contributed by atoms with Gasteiger partial charge >= 0.3 is 6.09 Å². The maximum Gasteiger partial charge on any atom is 0.410 e. The minimum atomic E-state index is -3.30. The van der Waals surface area contributed by atoms with E-state index in [9.17, 15) is 13.2 Å². The highest BCUT2D eigenvalue weighted by Crippen LogP contribution is 2.35. The molecular formula is C22H26N4O6S. The standard InChI is InChI=1S/C22H26N4O6S/c1-22(2,3)31-21(27)26-11-9-14(10-12-26)17-18-19(32-25-17)20(24-13-23-18)30-15-5-7-16(8-6-15)33(4,28)29/h5-8,13-14H,9-12H2,1-4H3. The van der Waals surface area contributed by atoms with Crippen LogP contribution in [0.3, 0.4) is 0 Å². The Morgan fingerprint density at radius 1 is 1.12 bits per heavy atom. The molecule has 1 fully saturated rings. The fraction of sp³-hybridized carbons (Fsp3) is 0.455. The Balaban J connectivity index is 1.48. The summed E-state index contributed by atoms with van der Waals surface area (Å²) in [7, 11) is -3.30. The first-order valence-corrected chi connectivity index (χ1v) is 12.5. The minimum absolute atomic E-state index is 0.0710. The van der Waals surface area contributed by atoms with Gasteiger partial charge in [-0.3, -0.25) is 0 Å². The molecule has 1 amide bonds.